The zero-order valence-electron chi connectivity index (χ0n) is 7.72. The van der Waals surface area contributed by atoms with Crippen molar-refractivity contribution >= 4 is 17.4 Å². The Kier molecular flexibility index (Phi) is 2.52. The van der Waals surface area contributed by atoms with Gasteiger partial charge in [-0.05, 0) is 13.8 Å². The van der Waals surface area contributed by atoms with Crippen molar-refractivity contribution in [1.29, 1.82) is 0 Å². The van der Waals surface area contributed by atoms with Gasteiger partial charge in [0.05, 0.1) is 0 Å². The van der Waals surface area contributed by atoms with Crippen LogP contribution in [-0.4, -0.2) is 24.1 Å². The maximum atomic E-state index is 5.89. The molecule has 0 aliphatic carbocycles. The molecule has 1 aromatic rings. The molecule has 0 spiro atoms. The fourth-order valence-corrected chi connectivity index (χ4v) is 1.22. The van der Waals surface area contributed by atoms with Crippen molar-refractivity contribution in [3.05, 3.63) is 16.5 Å². The van der Waals surface area contributed by atoms with E-state index >= 15 is 0 Å². The molecule has 0 fully saturated rings. The minimum atomic E-state index is 0.534. The second-order valence-electron chi connectivity index (χ2n) is 2.90. The Morgan fingerprint density at radius 1 is 1.17 bits per heavy atom. The zero-order valence-corrected chi connectivity index (χ0v) is 8.48. The molecule has 1 aromatic heterocycles. The van der Waals surface area contributed by atoms with E-state index in [1.54, 1.807) is 0 Å². The van der Waals surface area contributed by atoms with Crippen LogP contribution in [0.4, 0.5) is 5.82 Å². The van der Waals surface area contributed by atoms with Gasteiger partial charge in [-0.25, -0.2) is 9.97 Å². The quantitative estimate of drug-likeness (QED) is 0.625. The molecule has 0 saturated heterocycles. The summed E-state index contributed by atoms with van der Waals surface area (Å²) >= 11 is 5.89. The van der Waals surface area contributed by atoms with E-state index in [2.05, 4.69) is 9.97 Å². The predicted molar refractivity (Wildman–Crippen MR) is 50.8 cm³/mol. The van der Waals surface area contributed by atoms with E-state index in [4.69, 9.17) is 11.6 Å². The van der Waals surface area contributed by atoms with Gasteiger partial charge in [0.1, 0.15) is 16.8 Å². The first kappa shape index (κ1) is 9.26. The van der Waals surface area contributed by atoms with Crippen LogP contribution in [0.3, 0.4) is 0 Å². The van der Waals surface area contributed by atoms with Crippen molar-refractivity contribution in [2.24, 2.45) is 0 Å². The molecule has 12 heavy (non-hydrogen) atoms. The molecule has 0 unspecified atom stereocenters. The summed E-state index contributed by atoms with van der Waals surface area (Å²) in [7, 11) is 3.87. The fourth-order valence-electron chi connectivity index (χ4n) is 1.02. The highest BCUT2D eigenvalue weighted by atomic mass is 35.5. The van der Waals surface area contributed by atoms with E-state index in [1.165, 1.54) is 0 Å². The van der Waals surface area contributed by atoms with Crippen molar-refractivity contribution < 1.29 is 0 Å². The number of aryl methyl sites for hydroxylation is 1. The maximum Gasteiger partial charge on any atom is 0.137 e. The monoisotopic (exact) mass is 185 g/mol. The number of rotatable bonds is 1. The molecular weight excluding hydrogens is 174 g/mol. The minimum absolute atomic E-state index is 0.534. The molecule has 1 rings (SSSR count). The molecule has 0 bridgehead atoms. The first-order valence-electron chi connectivity index (χ1n) is 3.70. The number of aromatic nitrogens is 2. The summed E-state index contributed by atoms with van der Waals surface area (Å²) in [6, 6.07) is 0. The van der Waals surface area contributed by atoms with Crippen LogP contribution in [0.1, 0.15) is 11.4 Å². The molecular formula is C8H12ClN3. The molecule has 0 saturated carbocycles. The zero-order chi connectivity index (χ0) is 9.30. The number of nitrogens with zero attached hydrogens (tertiary/aromatic N) is 3. The molecule has 3 nitrogen and oxygen atoms in total. The van der Waals surface area contributed by atoms with Crippen LogP contribution in [0.5, 0.6) is 0 Å². The van der Waals surface area contributed by atoms with Crippen LogP contribution < -0.4 is 4.90 Å². The smallest absolute Gasteiger partial charge is 0.137 e. The summed E-state index contributed by atoms with van der Waals surface area (Å²) in [6.07, 6.45) is 0. The molecule has 0 aromatic carbocycles. The highest BCUT2D eigenvalue weighted by Crippen LogP contribution is 2.20. The van der Waals surface area contributed by atoms with Gasteiger partial charge in [-0.1, -0.05) is 11.6 Å². The summed E-state index contributed by atoms with van der Waals surface area (Å²) in [5.41, 5.74) is 0.923. The van der Waals surface area contributed by atoms with Crippen molar-refractivity contribution in [3.63, 3.8) is 0 Å². The van der Waals surface area contributed by atoms with Gasteiger partial charge in [-0.15, -0.1) is 0 Å². The lowest BCUT2D eigenvalue weighted by Gasteiger charge is -2.14. The minimum Gasteiger partial charge on any atom is -0.362 e. The number of anilines is 1. The second kappa shape index (κ2) is 3.27. The Morgan fingerprint density at radius 2 is 1.75 bits per heavy atom. The van der Waals surface area contributed by atoms with Gasteiger partial charge in [-0.2, -0.15) is 0 Å². The van der Waals surface area contributed by atoms with E-state index in [-0.39, 0.29) is 0 Å². The van der Waals surface area contributed by atoms with Gasteiger partial charge >= 0.3 is 0 Å². The van der Waals surface area contributed by atoms with Gasteiger partial charge in [0.25, 0.3) is 0 Å². The van der Waals surface area contributed by atoms with Gasteiger partial charge in [0, 0.05) is 19.7 Å². The van der Waals surface area contributed by atoms with Crippen molar-refractivity contribution in [3.8, 4) is 0 Å². The van der Waals surface area contributed by atoms with Crippen LogP contribution in [0.15, 0.2) is 0 Å². The number of halogens is 1. The lowest BCUT2D eigenvalue weighted by atomic mass is 10.3. The van der Waals surface area contributed by atoms with Crippen LogP contribution in [-0.2, 0) is 0 Å². The van der Waals surface area contributed by atoms with E-state index in [9.17, 15) is 0 Å². The molecule has 0 radical (unpaired) electrons. The lowest BCUT2D eigenvalue weighted by molar-refractivity contribution is 0.969. The normalized spacial score (nSPS) is 10.1. The summed E-state index contributed by atoms with van der Waals surface area (Å²) in [4.78, 5) is 10.2. The van der Waals surface area contributed by atoms with Gasteiger partial charge in [0.15, 0.2) is 0 Å². The Balaban J connectivity index is 3.28. The van der Waals surface area contributed by atoms with Gasteiger partial charge in [-0.3, -0.25) is 0 Å². The number of hydrogen-bond acceptors (Lipinski definition) is 3. The largest absolute Gasteiger partial charge is 0.362 e. The van der Waals surface area contributed by atoms with E-state index in [1.807, 2.05) is 32.8 Å². The van der Waals surface area contributed by atoms with Crippen LogP contribution in [0.25, 0.3) is 0 Å². The Labute approximate surface area is 77.4 Å². The predicted octanol–water partition coefficient (Wildman–Crippen LogP) is 1.81. The van der Waals surface area contributed by atoms with E-state index in [0.29, 0.717) is 11.0 Å². The Hall–Kier alpha value is -0.830. The molecule has 0 N–H and O–H groups in total. The molecule has 0 atom stereocenters. The third kappa shape index (κ3) is 1.67. The van der Waals surface area contributed by atoms with E-state index < -0.39 is 0 Å². The third-order valence-electron chi connectivity index (χ3n) is 1.60. The first-order chi connectivity index (χ1) is 5.52. The van der Waals surface area contributed by atoms with Crippen LogP contribution in [0, 0.1) is 13.8 Å². The van der Waals surface area contributed by atoms with Gasteiger partial charge < -0.3 is 4.90 Å². The van der Waals surface area contributed by atoms with Crippen molar-refractivity contribution in [2.45, 2.75) is 13.8 Å². The summed E-state index contributed by atoms with van der Waals surface area (Å²) in [5.74, 6) is 1.59. The Morgan fingerprint density at radius 3 is 2.25 bits per heavy atom. The van der Waals surface area contributed by atoms with Crippen molar-refractivity contribution in [2.75, 3.05) is 19.0 Å². The fraction of sp³-hybridized carbons (Fsp3) is 0.500. The molecule has 0 aliphatic heterocycles. The SMILES string of the molecule is Cc1nc(Cl)c(C)c(N(C)C)n1. The lowest BCUT2D eigenvalue weighted by Crippen LogP contribution is -2.13. The van der Waals surface area contributed by atoms with Crippen LogP contribution in [0.2, 0.25) is 5.15 Å². The first-order valence-corrected chi connectivity index (χ1v) is 4.08. The maximum absolute atomic E-state index is 5.89. The Bertz CT molecular complexity index is 297. The van der Waals surface area contributed by atoms with Gasteiger partial charge in [0.2, 0.25) is 0 Å². The highest BCUT2D eigenvalue weighted by Gasteiger charge is 2.07. The average molecular weight is 186 g/mol. The highest BCUT2D eigenvalue weighted by molar-refractivity contribution is 6.30. The molecule has 1 heterocycles. The third-order valence-corrected chi connectivity index (χ3v) is 1.96. The summed E-state index contributed by atoms with van der Waals surface area (Å²) in [5, 5.41) is 0.534. The topological polar surface area (TPSA) is 29.0 Å². The number of hydrogen-bond donors (Lipinski definition) is 0. The molecule has 0 amide bonds. The summed E-state index contributed by atoms with van der Waals surface area (Å²) in [6.45, 7) is 3.75. The standard InChI is InChI=1S/C8H12ClN3/c1-5-7(9)10-6(2)11-8(5)12(3)4/h1-4H3. The van der Waals surface area contributed by atoms with Crippen LogP contribution >= 0.6 is 11.6 Å². The second-order valence-corrected chi connectivity index (χ2v) is 3.26. The molecule has 66 valence electrons. The summed E-state index contributed by atoms with van der Waals surface area (Å²) < 4.78 is 0. The molecule has 4 heteroatoms. The molecule has 0 aliphatic rings. The average Bonchev–Trinajstić information content (AvgIpc) is 1.96. The van der Waals surface area contributed by atoms with Crippen molar-refractivity contribution in [1.82, 2.24) is 9.97 Å². The van der Waals surface area contributed by atoms with E-state index in [0.717, 1.165) is 11.4 Å².